The van der Waals surface area contributed by atoms with Gasteiger partial charge in [-0.05, 0) is 42.2 Å². The minimum atomic E-state index is -0.275. The van der Waals surface area contributed by atoms with Crippen LogP contribution in [0.4, 0.5) is 0 Å². The third-order valence-corrected chi connectivity index (χ3v) is 6.78. The third kappa shape index (κ3) is 4.21. The van der Waals surface area contributed by atoms with Crippen molar-refractivity contribution in [1.82, 2.24) is 19.7 Å². The van der Waals surface area contributed by atoms with E-state index in [9.17, 15) is 4.79 Å². The van der Waals surface area contributed by atoms with Crippen LogP contribution in [0.15, 0.2) is 82.6 Å². The molecule has 1 amide bonds. The highest BCUT2D eigenvalue weighted by atomic mass is 32.2. The first-order valence-corrected chi connectivity index (χ1v) is 11.6. The molecule has 0 bridgehead atoms. The molecule has 2 aromatic carbocycles. The highest BCUT2D eigenvalue weighted by molar-refractivity contribution is 8.00. The smallest absolute Gasteiger partial charge is 0.236 e. The van der Waals surface area contributed by atoms with E-state index in [0.29, 0.717) is 29.8 Å². The van der Waals surface area contributed by atoms with Crippen LogP contribution in [0.25, 0.3) is 11.6 Å². The highest BCUT2D eigenvalue weighted by Crippen LogP contribution is 2.30. The number of nitrogens with zero attached hydrogens (tertiary/aromatic N) is 4. The van der Waals surface area contributed by atoms with Gasteiger partial charge in [-0.25, -0.2) is 0 Å². The zero-order valence-corrected chi connectivity index (χ0v) is 18.7. The molecule has 0 fully saturated rings. The van der Waals surface area contributed by atoms with Gasteiger partial charge in [0.2, 0.25) is 11.7 Å². The van der Waals surface area contributed by atoms with Gasteiger partial charge in [0.25, 0.3) is 0 Å². The third-order valence-electron chi connectivity index (χ3n) is 5.71. The largest absolute Gasteiger partial charge is 0.461 e. The second-order valence-corrected chi connectivity index (χ2v) is 9.20. The summed E-state index contributed by atoms with van der Waals surface area (Å²) in [5.74, 6) is 1.44. The van der Waals surface area contributed by atoms with E-state index in [1.807, 2.05) is 52.8 Å². The minimum Gasteiger partial charge on any atom is -0.461 e. The van der Waals surface area contributed by atoms with Crippen molar-refractivity contribution in [3.8, 4) is 11.6 Å². The SMILES string of the molecule is C[C@H](Sc1nnc(-c2ccco2)n1Cc1ccccc1)C(=O)N1CCc2ccccc2C1. The number of benzene rings is 2. The number of carbonyl (C=O) groups is 1. The second-order valence-electron chi connectivity index (χ2n) is 7.89. The molecule has 0 N–H and O–H groups in total. The number of fused-ring (bicyclic) bond motifs is 1. The number of amides is 1. The molecule has 32 heavy (non-hydrogen) atoms. The van der Waals surface area contributed by atoms with E-state index >= 15 is 0 Å². The van der Waals surface area contributed by atoms with Crippen molar-refractivity contribution in [2.75, 3.05) is 6.54 Å². The zero-order chi connectivity index (χ0) is 21.9. The zero-order valence-electron chi connectivity index (χ0n) is 17.8. The van der Waals surface area contributed by atoms with E-state index in [4.69, 9.17) is 4.42 Å². The van der Waals surface area contributed by atoms with Gasteiger partial charge in [-0.2, -0.15) is 0 Å². The molecule has 0 saturated carbocycles. The average molecular weight is 445 g/mol. The molecule has 0 saturated heterocycles. The van der Waals surface area contributed by atoms with E-state index in [0.717, 1.165) is 18.5 Å². The molecular formula is C25H24N4O2S. The van der Waals surface area contributed by atoms with E-state index in [1.165, 1.54) is 22.9 Å². The fraction of sp³-hybridized carbons (Fsp3) is 0.240. The molecule has 6 nitrogen and oxygen atoms in total. The van der Waals surface area contributed by atoms with Crippen molar-refractivity contribution in [1.29, 1.82) is 0 Å². The molecule has 7 heteroatoms. The summed E-state index contributed by atoms with van der Waals surface area (Å²) in [6, 6.07) is 22.2. The van der Waals surface area contributed by atoms with Crippen LogP contribution in [-0.2, 0) is 24.3 Å². The Morgan fingerprint density at radius 2 is 1.81 bits per heavy atom. The fourth-order valence-corrected chi connectivity index (χ4v) is 4.95. The van der Waals surface area contributed by atoms with E-state index in [-0.39, 0.29) is 11.2 Å². The van der Waals surface area contributed by atoms with Gasteiger partial charge >= 0.3 is 0 Å². The summed E-state index contributed by atoms with van der Waals surface area (Å²) >= 11 is 1.45. The summed E-state index contributed by atoms with van der Waals surface area (Å²) in [6.45, 7) is 3.95. The number of aromatic nitrogens is 3. The molecule has 162 valence electrons. The Kier molecular flexibility index (Phi) is 5.81. The standard InChI is InChI=1S/C25H24N4O2S/c1-18(24(30)28-14-13-20-10-5-6-11-21(20)17-28)32-25-27-26-23(22-12-7-15-31-22)29(25)16-19-8-3-2-4-9-19/h2-12,15,18H,13-14,16-17H2,1H3/t18-/m0/s1. The first-order chi connectivity index (χ1) is 15.7. The molecular weight excluding hydrogens is 420 g/mol. The maximum Gasteiger partial charge on any atom is 0.236 e. The maximum absolute atomic E-state index is 13.2. The molecule has 2 aromatic heterocycles. The number of hydrogen-bond donors (Lipinski definition) is 0. The van der Waals surface area contributed by atoms with Crippen LogP contribution in [-0.4, -0.2) is 37.4 Å². The molecule has 0 spiro atoms. The van der Waals surface area contributed by atoms with Crippen molar-refractivity contribution in [3.63, 3.8) is 0 Å². The Morgan fingerprint density at radius 3 is 2.59 bits per heavy atom. The fourth-order valence-electron chi connectivity index (χ4n) is 4.02. The number of furan rings is 1. The second kappa shape index (κ2) is 9.04. The molecule has 1 aliphatic heterocycles. The average Bonchev–Trinajstić information content (AvgIpc) is 3.49. The summed E-state index contributed by atoms with van der Waals surface area (Å²) in [5, 5.41) is 9.23. The van der Waals surface area contributed by atoms with Gasteiger partial charge in [0, 0.05) is 13.1 Å². The Bertz CT molecular complexity index is 1200. The van der Waals surface area contributed by atoms with Gasteiger partial charge < -0.3 is 9.32 Å². The predicted octanol–water partition coefficient (Wildman–Crippen LogP) is 4.65. The van der Waals surface area contributed by atoms with Crippen molar-refractivity contribution in [2.45, 2.75) is 36.8 Å². The topological polar surface area (TPSA) is 64.2 Å². The van der Waals surface area contributed by atoms with E-state index in [1.54, 1.807) is 6.26 Å². The predicted molar refractivity (Wildman–Crippen MR) is 124 cm³/mol. The van der Waals surface area contributed by atoms with Crippen LogP contribution < -0.4 is 0 Å². The van der Waals surface area contributed by atoms with Crippen molar-refractivity contribution < 1.29 is 9.21 Å². The first-order valence-electron chi connectivity index (χ1n) is 10.7. The molecule has 0 unspecified atom stereocenters. The normalized spacial score (nSPS) is 14.2. The molecule has 0 aliphatic carbocycles. The van der Waals surface area contributed by atoms with Gasteiger partial charge in [0.05, 0.1) is 18.1 Å². The summed E-state index contributed by atoms with van der Waals surface area (Å²) in [4.78, 5) is 15.2. The molecule has 5 rings (SSSR count). The van der Waals surface area contributed by atoms with E-state index < -0.39 is 0 Å². The van der Waals surface area contributed by atoms with Crippen LogP contribution >= 0.6 is 11.8 Å². The number of thioether (sulfide) groups is 1. The molecule has 3 heterocycles. The van der Waals surface area contributed by atoms with Gasteiger partial charge in [0.15, 0.2) is 10.9 Å². The van der Waals surface area contributed by atoms with Gasteiger partial charge in [-0.3, -0.25) is 9.36 Å². The molecule has 1 atom stereocenters. The molecule has 0 radical (unpaired) electrons. The lowest BCUT2D eigenvalue weighted by molar-refractivity contribution is -0.131. The monoisotopic (exact) mass is 444 g/mol. The van der Waals surface area contributed by atoms with Crippen LogP contribution in [0.3, 0.4) is 0 Å². The van der Waals surface area contributed by atoms with Crippen molar-refractivity contribution in [3.05, 3.63) is 89.7 Å². The summed E-state index contributed by atoms with van der Waals surface area (Å²) in [7, 11) is 0. The quantitative estimate of drug-likeness (QED) is 0.405. The lowest BCUT2D eigenvalue weighted by Gasteiger charge is -2.30. The van der Waals surface area contributed by atoms with Gasteiger partial charge in [-0.1, -0.05) is 66.4 Å². The molecule has 4 aromatic rings. The van der Waals surface area contributed by atoms with Gasteiger partial charge in [0.1, 0.15) is 0 Å². The molecule has 1 aliphatic rings. The van der Waals surface area contributed by atoms with Crippen molar-refractivity contribution >= 4 is 17.7 Å². The Balaban J connectivity index is 1.37. The van der Waals surface area contributed by atoms with Crippen LogP contribution in [0, 0.1) is 0 Å². The van der Waals surface area contributed by atoms with Crippen molar-refractivity contribution in [2.24, 2.45) is 0 Å². The van der Waals surface area contributed by atoms with Crippen LogP contribution in [0.1, 0.15) is 23.6 Å². The first kappa shape index (κ1) is 20.6. The Hall–Kier alpha value is -3.32. The Morgan fingerprint density at radius 1 is 1.03 bits per heavy atom. The number of carbonyl (C=O) groups excluding carboxylic acids is 1. The summed E-state index contributed by atoms with van der Waals surface area (Å²) in [6.07, 6.45) is 2.52. The van der Waals surface area contributed by atoms with E-state index in [2.05, 4.69) is 40.5 Å². The van der Waals surface area contributed by atoms with Gasteiger partial charge in [-0.15, -0.1) is 10.2 Å². The number of rotatable bonds is 6. The van der Waals surface area contributed by atoms with Crippen LogP contribution in [0.2, 0.25) is 0 Å². The summed E-state index contributed by atoms with van der Waals surface area (Å²) < 4.78 is 7.61. The lowest BCUT2D eigenvalue weighted by Crippen LogP contribution is -2.40. The maximum atomic E-state index is 13.2. The minimum absolute atomic E-state index is 0.123. The van der Waals surface area contributed by atoms with Crippen LogP contribution in [0.5, 0.6) is 0 Å². The summed E-state index contributed by atoms with van der Waals surface area (Å²) in [5.41, 5.74) is 3.70. The lowest BCUT2D eigenvalue weighted by atomic mass is 10.00. The number of hydrogen-bond acceptors (Lipinski definition) is 5. The highest BCUT2D eigenvalue weighted by Gasteiger charge is 2.27. The Labute approximate surface area is 191 Å².